The van der Waals surface area contributed by atoms with Crippen molar-refractivity contribution >= 4 is 10.8 Å². The molecule has 1 spiro atoms. The van der Waals surface area contributed by atoms with E-state index in [0.717, 1.165) is 16.7 Å². The zero-order valence-electron chi connectivity index (χ0n) is 28.7. The molecule has 9 aromatic rings. The molecule has 1 heterocycles. The van der Waals surface area contributed by atoms with E-state index in [1.165, 1.54) is 66.4 Å². The normalized spacial score (nSPS) is 14.9. The lowest BCUT2D eigenvalue weighted by molar-refractivity contribution is 0.776. The van der Waals surface area contributed by atoms with Gasteiger partial charge in [-0.15, -0.1) is 0 Å². The monoisotopic (exact) mass is 673 g/mol. The van der Waals surface area contributed by atoms with Gasteiger partial charge in [0.1, 0.15) is 0 Å². The molecule has 2 aliphatic rings. The Morgan fingerprint density at radius 3 is 1.45 bits per heavy atom. The standard InChI is InChI=1S/C50H31N3/c1-3-16-33(17-4-1)47-51-48(34-18-5-2-6-19-34)53-49(52-47)35-27-29-40-38-22-10-9-21-37(38)39-23-11-13-25-42(39)50(45(40)31-35)43-26-14-12-24-41(43)46-36-20-8-7-15-32(36)28-30-44(46)50/h1-31H. The Bertz CT molecular complexity index is 2840. The molecule has 1 unspecified atom stereocenters. The van der Waals surface area contributed by atoms with E-state index in [1.54, 1.807) is 0 Å². The van der Waals surface area contributed by atoms with E-state index in [9.17, 15) is 0 Å². The van der Waals surface area contributed by atoms with E-state index in [-0.39, 0.29) is 0 Å². The SMILES string of the molecule is c1ccc(-c2nc(-c3ccccc3)nc(-c3ccc4c(c3)C3(c5ccccc5-c5ccccc5-4)c4ccccc4-c4c3ccc3ccccc43)n2)cc1. The summed E-state index contributed by atoms with van der Waals surface area (Å²) in [7, 11) is 0. The van der Waals surface area contributed by atoms with Crippen molar-refractivity contribution in [2.75, 3.05) is 0 Å². The average Bonchev–Trinajstić information content (AvgIpc) is 3.49. The highest BCUT2D eigenvalue weighted by atomic mass is 15.0. The number of nitrogens with zero attached hydrogens (tertiary/aromatic N) is 3. The molecule has 1 aromatic heterocycles. The molecule has 0 radical (unpaired) electrons. The van der Waals surface area contributed by atoms with Gasteiger partial charge < -0.3 is 0 Å². The molecule has 2 aliphatic carbocycles. The van der Waals surface area contributed by atoms with Crippen LogP contribution in [0.1, 0.15) is 22.3 Å². The Morgan fingerprint density at radius 1 is 0.302 bits per heavy atom. The third kappa shape index (κ3) is 4.31. The fraction of sp³-hybridized carbons (Fsp3) is 0.0200. The minimum absolute atomic E-state index is 0.617. The summed E-state index contributed by atoms with van der Waals surface area (Å²) in [5, 5.41) is 2.51. The summed E-state index contributed by atoms with van der Waals surface area (Å²) >= 11 is 0. The molecule has 3 nitrogen and oxygen atoms in total. The molecule has 53 heavy (non-hydrogen) atoms. The van der Waals surface area contributed by atoms with Gasteiger partial charge in [-0.05, 0) is 72.5 Å². The number of aromatic nitrogens is 3. The first kappa shape index (κ1) is 29.7. The summed E-state index contributed by atoms with van der Waals surface area (Å²) in [4.78, 5) is 15.4. The molecular formula is C50H31N3. The molecule has 0 amide bonds. The molecule has 0 bridgehead atoms. The van der Waals surface area contributed by atoms with Gasteiger partial charge in [0.05, 0.1) is 5.41 Å². The van der Waals surface area contributed by atoms with Crippen LogP contribution < -0.4 is 0 Å². The van der Waals surface area contributed by atoms with Crippen LogP contribution in [0.2, 0.25) is 0 Å². The molecule has 0 saturated heterocycles. The lowest BCUT2D eigenvalue weighted by Crippen LogP contribution is -2.29. The van der Waals surface area contributed by atoms with Crippen molar-refractivity contribution in [3.05, 3.63) is 210 Å². The van der Waals surface area contributed by atoms with Gasteiger partial charge in [0, 0.05) is 16.7 Å². The van der Waals surface area contributed by atoms with E-state index in [1.807, 2.05) is 36.4 Å². The Hall–Kier alpha value is -6.97. The number of benzene rings is 8. The second-order valence-corrected chi connectivity index (χ2v) is 13.9. The van der Waals surface area contributed by atoms with Crippen LogP contribution >= 0.6 is 0 Å². The van der Waals surface area contributed by atoms with E-state index in [0.29, 0.717) is 17.5 Å². The van der Waals surface area contributed by atoms with Gasteiger partial charge in [-0.2, -0.15) is 0 Å². The number of rotatable bonds is 3. The van der Waals surface area contributed by atoms with Crippen LogP contribution in [0.15, 0.2) is 188 Å². The van der Waals surface area contributed by atoms with Crippen LogP contribution in [0, 0.1) is 0 Å². The zero-order valence-corrected chi connectivity index (χ0v) is 28.7. The lowest BCUT2D eigenvalue weighted by atomic mass is 9.65. The predicted molar refractivity (Wildman–Crippen MR) is 215 cm³/mol. The van der Waals surface area contributed by atoms with Crippen LogP contribution in [0.25, 0.3) is 78.3 Å². The van der Waals surface area contributed by atoms with Crippen molar-refractivity contribution in [2.45, 2.75) is 5.41 Å². The number of hydrogen-bond donors (Lipinski definition) is 0. The Labute approximate surface area is 308 Å². The van der Waals surface area contributed by atoms with E-state index < -0.39 is 5.41 Å². The smallest absolute Gasteiger partial charge is 0.164 e. The molecule has 0 fully saturated rings. The third-order valence-corrected chi connectivity index (χ3v) is 11.2. The quantitative estimate of drug-likeness (QED) is 0.187. The van der Waals surface area contributed by atoms with Gasteiger partial charge in [0.2, 0.25) is 0 Å². The minimum Gasteiger partial charge on any atom is -0.208 e. The maximum atomic E-state index is 5.18. The summed E-state index contributed by atoms with van der Waals surface area (Å²) in [6, 6.07) is 67.6. The highest BCUT2D eigenvalue weighted by molar-refractivity contribution is 6.06. The molecule has 8 aromatic carbocycles. The molecule has 0 N–H and O–H groups in total. The number of fused-ring (bicyclic) bond motifs is 14. The van der Waals surface area contributed by atoms with Crippen molar-refractivity contribution in [2.24, 2.45) is 0 Å². The van der Waals surface area contributed by atoms with Gasteiger partial charge in [-0.1, -0.05) is 182 Å². The highest BCUT2D eigenvalue weighted by Crippen LogP contribution is 2.62. The van der Waals surface area contributed by atoms with Crippen LogP contribution in [-0.4, -0.2) is 15.0 Å². The van der Waals surface area contributed by atoms with Crippen molar-refractivity contribution in [3.63, 3.8) is 0 Å². The van der Waals surface area contributed by atoms with Crippen molar-refractivity contribution in [3.8, 4) is 67.5 Å². The van der Waals surface area contributed by atoms with E-state index in [2.05, 4.69) is 152 Å². The Balaban J connectivity index is 1.27. The fourth-order valence-electron chi connectivity index (χ4n) is 8.94. The first-order valence-corrected chi connectivity index (χ1v) is 18.1. The molecule has 246 valence electrons. The second-order valence-electron chi connectivity index (χ2n) is 13.9. The molecule has 0 aliphatic heterocycles. The predicted octanol–water partition coefficient (Wildman–Crippen LogP) is 12.0. The Morgan fingerprint density at radius 2 is 0.792 bits per heavy atom. The summed E-state index contributed by atoms with van der Waals surface area (Å²) in [5.41, 5.74) is 14.8. The van der Waals surface area contributed by atoms with Gasteiger partial charge in [0.25, 0.3) is 0 Å². The van der Waals surface area contributed by atoms with E-state index in [4.69, 9.17) is 15.0 Å². The lowest BCUT2D eigenvalue weighted by Gasteiger charge is -2.35. The van der Waals surface area contributed by atoms with Crippen molar-refractivity contribution < 1.29 is 0 Å². The van der Waals surface area contributed by atoms with E-state index >= 15 is 0 Å². The molecule has 11 rings (SSSR count). The average molecular weight is 674 g/mol. The van der Waals surface area contributed by atoms with Crippen LogP contribution in [0.4, 0.5) is 0 Å². The summed E-state index contributed by atoms with van der Waals surface area (Å²) in [6.07, 6.45) is 0. The highest BCUT2D eigenvalue weighted by Gasteiger charge is 2.50. The van der Waals surface area contributed by atoms with Gasteiger partial charge in [-0.25, -0.2) is 15.0 Å². The summed E-state index contributed by atoms with van der Waals surface area (Å²) in [5.74, 6) is 1.95. The topological polar surface area (TPSA) is 38.7 Å². The molecule has 0 saturated carbocycles. The van der Waals surface area contributed by atoms with Crippen LogP contribution in [0.5, 0.6) is 0 Å². The summed E-state index contributed by atoms with van der Waals surface area (Å²) in [6.45, 7) is 0. The Kier molecular flexibility index (Phi) is 6.47. The first-order valence-electron chi connectivity index (χ1n) is 18.1. The second kappa shape index (κ2) is 11.5. The number of hydrogen-bond acceptors (Lipinski definition) is 3. The minimum atomic E-state index is -0.617. The largest absolute Gasteiger partial charge is 0.208 e. The summed E-state index contributed by atoms with van der Waals surface area (Å²) < 4.78 is 0. The maximum absolute atomic E-state index is 5.18. The maximum Gasteiger partial charge on any atom is 0.164 e. The van der Waals surface area contributed by atoms with Crippen LogP contribution in [-0.2, 0) is 5.41 Å². The molecule has 3 heteroatoms. The van der Waals surface area contributed by atoms with Gasteiger partial charge in [-0.3, -0.25) is 0 Å². The van der Waals surface area contributed by atoms with Crippen molar-refractivity contribution in [1.29, 1.82) is 0 Å². The van der Waals surface area contributed by atoms with Gasteiger partial charge >= 0.3 is 0 Å². The van der Waals surface area contributed by atoms with Crippen LogP contribution in [0.3, 0.4) is 0 Å². The molecular weight excluding hydrogens is 643 g/mol. The fourth-order valence-corrected chi connectivity index (χ4v) is 8.94. The third-order valence-electron chi connectivity index (χ3n) is 11.2. The van der Waals surface area contributed by atoms with Gasteiger partial charge in [0.15, 0.2) is 17.5 Å². The zero-order chi connectivity index (χ0) is 34.9. The first-order chi connectivity index (χ1) is 26.3. The molecule has 1 atom stereocenters. The van der Waals surface area contributed by atoms with Crippen molar-refractivity contribution in [1.82, 2.24) is 15.0 Å².